The molecule has 1 fully saturated rings. The predicted molar refractivity (Wildman–Crippen MR) is 81.2 cm³/mol. The summed E-state index contributed by atoms with van der Waals surface area (Å²) in [5.74, 6) is 1.66. The highest BCUT2D eigenvalue weighted by atomic mass is 16.7. The van der Waals surface area contributed by atoms with E-state index in [4.69, 9.17) is 14.2 Å². The van der Waals surface area contributed by atoms with Crippen molar-refractivity contribution < 1.29 is 14.2 Å². The molecule has 0 amide bonds. The lowest BCUT2D eigenvalue weighted by atomic mass is 9.79. The lowest BCUT2D eigenvalue weighted by molar-refractivity contribution is -0.120. The van der Waals surface area contributed by atoms with Crippen molar-refractivity contribution in [2.45, 2.75) is 25.9 Å². The van der Waals surface area contributed by atoms with E-state index >= 15 is 0 Å². The number of ether oxygens (including phenoxy) is 3. The molecule has 0 aliphatic carbocycles. The third kappa shape index (κ3) is 3.04. The Hall–Kier alpha value is -1.59. The molecule has 1 aromatic carbocycles. The molecule has 1 saturated heterocycles. The van der Waals surface area contributed by atoms with Crippen LogP contribution in [0.5, 0.6) is 11.5 Å². The zero-order valence-electron chi connectivity index (χ0n) is 12.6. The van der Waals surface area contributed by atoms with Crippen molar-refractivity contribution in [3.8, 4) is 11.5 Å². The fraction of sp³-hybridized carbons (Fsp3) is 0.562. The number of hydrogen-bond acceptors (Lipinski definition) is 5. The maximum Gasteiger partial charge on any atom is 0.231 e. The van der Waals surface area contributed by atoms with Crippen LogP contribution in [0.3, 0.4) is 0 Å². The van der Waals surface area contributed by atoms with Crippen LogP contribution in [0.25, 0.3) is 0 Å². The minimum atomic E-state index is 0.192. The Kier molecular flexibility index (Phi) is 4.12. The monoisotopic (exact) mass is 290 g/mol. The fourth-order valence-electron chi connectivity index (χ4n) is 2.74. The number of fused-ring (bicyclic) bond motifs is 1. The third-order valence-corrected chi connectivity index (χ3v) is 4.22. The van der Waals surface area contributed by atoms with Crippen LogP contribution < -0.4 is 14.8 Å². The standard InChI is InChI=1S/C16H22N2O3/c1-16(9-19-10-16)15(5-6-17-2)18-8-12-3-4-13-14(7-12)21-11-20-13/h3-4,6-7,15,18H,5,8-11H2,1-2H3. The molecule has 0 bridgehead atoms. The van der Waals surface area contributed by atoms with E-state index in [9.17, 15) is 0 Å². The van der Waals surface area contributed by atoms with E-state index in [1.165, 1.54) is 5.56 Å². The van der Waals surface area contributed by atoms with Crippen molar-refractivity contribution in [1.29, 1.82) is 0 Å². The first-order valence-electron chi connectivity index (χ1n) is 7.31. The van der Waals surface area contributed by atoms with Gasteiger partial charge in [-0.05, 0) is 30.3 Å². The summed E-state index contributed by atoms with van der Waals surface area (Å²) in [6.45, 7) is 5.00. The Balaban J connectivity index is 1.63. The van der Waals surface area contributed by atoms with Gasteiger partial charge >= 0.3 is 0 Å². The number of benzene rings is 1. The molecule has 2 aliphatic heterocycles. The van der Waals surface area contributed by atoms with E-state index < -0.39 is 0 Å². The summed E-state index contributed by atoms with van der Waals surface area (Å²) >= 11 is 0. The molecule has 3 rings (SSSR count). The van der Waals surface area contributed by atoms with Crippen molar-refractivity contribution in [3.63, 3.8) is 0 Å². The van der Waals surface area contributed by atoms with Gasteiger partial charge in [-0.3, -0.25) is 0 Å². The first kappa shape index (κ1) is 14.4. The quantitative estimate of drug-likeness (QED) is 0.814. The Labute approximate surface area is 125 Å². The largest absolute Gasteiger partial charge is 0.454 e. The summed E-state index contributed by atoms with van der Waals surface area (Å²) in [5, 5.41) is 3.64. The van der Waals surface area contributed by atoms with Crippen molar-refractivity contribution in [1.82, 2.24) is 5.32 Å². The highest BCUT2D eigenvalue weighted by molar-refractivity contribution is 5.58. The number of aliphatic imine (C=N–C) groups is 1. The predicted octanol–water partition coefficient (Wildman–Crippen LogP) is 2.00. The molecule has 1 N–H and O–H groups in total. The van der Waals surface area contributed by atoms with Crippen molar-refractivity contribution >= 4 is 6.21 Å². The molecule has 1 aromatic rings. The molecule has 5 heteroatoms. The number of nitrogens with zero attached hydrogens (tertiary/aromatic N) is 1. The topological polar surface area (TPSA) is 52.1 Å². The molecule has 0 spiro atoms. The van der Waals surface area contributed by atoms with E-state index in [1.807, 2.05) is 25.4 Å². The van der Waals surface area contributed by atoms with Crippen LogP contribution in [0.1, 0.15) is 18.9 Å². The summed E-state index contributed by atoms with van der Waals surface area (Å²) in [7, 11) is 1.81. The maximum absolute atomic E-state index is 5.42. The average Bonchev–Trinajstić information content (AvgIpc) is 2.92. The summed E-state index contributed by atoms with van der Waals surface area (Å²) in [6.07, 6.45) is 2.89. The molecule has 2 heterocycles. The number of rotatable bonds is 6. The van der Waals surface area contributed by atoms with Crippen LogP contribution in [-0.4, -0.2) is 39.3 Å². The van der Waals surface area contributed by atoms with Crippen LogP contribution in [-0.2, 0) is 11.3 Å². The zero-order valence-corrected chi connectivity index (χ0v) is 12.6. The molecule has 0 saturated carbocycles. The van der Waals surface area contributed by atoms with Gasteiger partial charge in [-0.25, -0.2) is 0 Å². The summed E-state index contributed by atoms with van der Waals surface area (Å²) < 4.78 is 16.1. The van der Waals surface area contributed by atoms with Gasteiger partial charge in [0.1, 0.15) is 0 Å². The molecule has 21 heavy (non-hydrogen) atoms. The van der Waals surface area contributed by atoms with Crippen LogP contribution in [0, 0.1) is 5.41 Å². The van der Waals surface area contributed by atoms with Gasteiger partial charge in [-0.2, -0.15) is 0 Å². The van der Waals surface area contributed by atoms with Crippen molar-refractivity contribution in [2.75, 3.05) is 27.1 Å². The summed E-state index contributed by atoms with van der Waals surface area (Å²) in [5.41, 5.74) is 1.39. The normalized spacial score (nSPS) is 20.5. The number of nitrogens with one attached hydrogen (secondary N) is 1. The minimum Gasteiger partial charge on any atom is -0.454 e. The molecule has 114 valence electrons. The van der Waals surface area contributed by atoms with E-state index in [1.54, 1.807) is 0 Å². The zero-order chi connectivity index (χ0) is 14.7. The summed E-state index contributed by atoms with van der Waals surface area (Å²) in [6, 6.07) is 6.45. The molecular formula is C16H22N2O3. The molecule has 1 atom stereocenters. The van der Waals surface area contributed by atoms with E-state index in [2.05, 4.69) is 23.3 Å². The van der Waals surface area contributed by atoms with Crippen LogP contribution in [0.15, 0.2) is 23.2 Å². The highest BCUT2D eigenvalue weighted by Crippen LogP contribution is 2.34. The molecule has 0 radical (unpaired) electrons. The van der Waals surface area contributed by atoms with E-state index in [0.717, 1.165) is 37.7 Å². The first-order chi connectivity index (χ1) is 10.2. The van der Waals surface area contributed by atoms with Crippen LogP contribution >= 0.6 is 0 Å². The number of hydrogen-bond donors (Lipinski definition) is 1. The van der Waals surface area contributed by atoms with E-state index in [0.29, 0.717) is 12.8 Å². The van der Waals surface area contributed by atoms with Gasteiger partial charge in [-0.15, -0.1) is 0 Å². The molecule has 2 aliphatic rings. The highest BCUT2D eigenvalue weighted by Gasteiger charge is 2.40. The Morgan fingerprint density at radius 1 is 1.33 bits per heavy atom. The van der Waals surface area contributed by atoms with Gasteiger partial charge < -0.3 is 24.5 Å². The van der Waals surface area contributed by atoms with E-state index in [-0.39, 0.29) is 5.41 Å². The van der Waals surface area contributed by atoms with Crippen molar-refractivity contribution in [3.05, 3.63) is 23.8 Å². The Morgan fingerprint density at radius 3 is 2.86 bits per heavy atom. The SMILES string of the molecule is CN=CCC(NCc1ccc2c(c1)OCO2)C1(C)COC1. The van der Waals surface area contributed by atoms with Gasteiger partial charge in [0.2, 0.25) is 6.79 Å². The molecular weight excluding hydrogens is 268 g/mol. The minimum absolute atomic E-state index is 0.192. The van der Waals surface area contributed by atoms with Crippen LogP contribution in [0.2, 0.25) is 0 Å². The second kappa shape index (κ2) is 6.03. The van der Waals surface area contributed by atoms with Gasteiger partial charge in [0.25, 0.3) is 0 Å². The van der Waals surface area contributed by atoms with Gasteiger partial charge in [0.15, 0.2) is 11.5 Å². The second-order valence-corrected chi connectivity index (χ2v) is 5.94. The van der Waals surface area contributed by atoms with Gasteiger partial charge in [0, 0.05) is 25.0 Å². The molecule has 5 nitrogen and oxygen atoms in total. The summed E-state index contributed by atoms with van der Waals surface area (Å²) in [4.78, 5) is 4.11. The smallest absolute Gasteiger partial charge is 0.231 e. The third-order valence-electron chi connectivity index (χ3n) is 4.22. The second-order valence-electron chi connectivity index (χ2n) is 5.94. The Bertz CT molecular complexity index is 526. The molecule has 0 aromatic heterocycles. The Morgan fingerprint density at radius 2 is 2.14 bits per heavy atom. The maximum atomic E-state index is 5.42. The van der Waals surface area contributed by atoms with Gasteiger partial charge in [-0.1, -0.05) is 13.0 Å². The first-order valence-corrected chi connectivity index (χ1v) is 7.31. The lowest BCUT2D eigenvalue weighted by Crippen LogP contribution is -2.55. The van der Waals surface area contributed by atoms with Crippen LogP contribution in [0.4, 0.5) is 0 Å². The fourth-order valence-corrected chi connectivity index (χ4v) is 2.74. The average molecular weight is 290 g/mol. The lowest BCUT2D eigenvalue weighted by Gasteiger charge is -2.44. The molecule has 1 unspecified atom stereocenters. The van der Waals surface area contributed by atoms with Gasteiger partial charge in [0.05, 0.1) is 13.2 Å². The van der Waals surface area contributed by atoms with Crippen molar-refractivity contribution in [2.24, 2.45) is 10.4 Å².